The monoisotopic (exact) mass is 495 g/mol. The number of methoxy groups -OCH3 is 1. The van der Waals surface area contributed by atoms with Crippen LogP contribution in [0.2, 0.25) is 0 Å². The Kier molecular flexibility index (Phi) is 6.38. The maximum atomic E-state index is 13.1. The van der Waals surface area contributed by atoms with E-state index < -0.39 is 48.7 Å². The van der Waals surface area contributed by atoms with Crippen molar-refractivity contribution in [3.8, 4) is 11.6 Å². The lowest BCUT2D eigenvalue weighted by molar-refractivity contribution is -0.177. The number of hydrogen-bond donors (Lipinski definition) is 1. The number of ether oxygens (including phenoxy) is 4. The summed E-state index contributed by atoms with van der Waals surface area (Å²) in [5, 5.41) is 6.71. The summed E-state index contributed by atoms with van der Waals surface area (Å²) in [6.45, 7) is -1.67. The van der Waals surface area contributed by atoms with Crippen LogP contribution in [-0.4, -0.2) is 60.9 Å². The van der Waals surface area contributed by atoms with Crippen LogP contribution in [-0.2, 0) is 22.2 Å². The number of aromatic nitrogens is 2. The Morgan fingerprint density at radius 1 is 1.24 bits per heavy atom. The molecular weight excluding hydrogens is 476 g/mol. The number of amides is 1. The quantitative estimate of drug-likeness (QED) is 0.621. The third kappa shape index (κ3) is 5.22. The number of carbonyl (C=O) groups is 1. The molecule has 2 aromatic rings. The normalized spacial score (nSPS) is 21.9. The van der Waals surface area contributed by atoms with E-state index in [9.17, 15) is 31.1 Å². The molecule has 14 heteroatoms. The molecule has 186 valence electrons. The van der Waals surface area contributed by atoms with Gasteiger partial charge in [-0.3, -0.25) is 4.79 Å². The van der Waals surface area contributed by atoms with Crippen LogP contribution in [0, 0.1) is 0 Å². The lowest BCUT2D eigenvalue weighted by Crippen LogP contribution is -2.46. The summed E-state index contributed by atoms with van der Waals surface area (Å²) < 4.78 is 98.1. The van der Waals surface area contributed by atoms with E-state index in [4.69, 9.17) is 14.2 Å². The van der Waals surface area contributed by atoms with Crippen molar-refractivity contribution in [1.29, 1.82) is 0 Å². The van der Waals surface area contributed by atoms with Crippen molar-refractivity contribution < 1.29 is 50.1 Å². The Morgan fingerprint density at radius 2 is 2.00 bits per heavy atom. The minimum atomic E-state index is -4.56. The Hall–Kier alpha value is -3.00. The van der Waals surface area contributed by atoms with Gasteiger partial charge in [-0.05, 0) is 18.2 Å². The highest BCUT2D eigenvalue weighted by atomic mass is 19.4. The van der Waals surface area contributed by atoms with Crippen LogP contribution in [0.25, 0.3) is 0 Å². The van der Waals surface area contributed by atoms with Crippen molar-refractivity contribution in [1.82, 2.24) is 15.1 Å². The number of nitrogens with one attached hydrogen (secondary N) is 1. The average molecular weight is 495 g/mol. The zero-order chi connectivity index (χ0) is 24.7. The van der Waals surface area contributed by atoms with E-state index in [1.807, 2.05) is 0 Å². The molecule has 8 nitrogen and oxygen atoms in total. The summed E-state index contributed by atoms with van der Waals surface area (Å²) in [5.74, 6) is -0.256. The van der Waals surface area contributed by atoms with E-state index in [-0.39, 0.29) is 42.6 Å². The Morgan fingerprint density at radius 3 is 2.65 bits per heavy atom. The van der Waals surface area contributed by atoms with Crippen LogP contribution < -0.4 is 14.8 Å². The molecule has 0 bridgehead atoms. The summed E-state index contributed by atoms with van der Waals surface area (Å²) in [5.41, 5.74) is -0.777. The van der Waals surface area contributed by atoms with Crippen molar-refractivity contribution in [2.45, 2.75) is 37.1 Å². The molecular formula is C20H19F6N3O5. The summed E-state index contributed by atoms with van der Waals surface area (Å²) >= 11 is 0. The molecule has 3 atom stereocenters. The van der Waals surface area contributed by atoms with E-state index in [0.29, 0.717) is 0 Å². The fraction of sp³-hybridized carbons (Fsp3) is 0.500. The average Bonchev–Trinajstić information content (AvgIpc) is 3.30. The summed E-state index contributed by atoms with van der Waals surface area (Å²) in [4.78, 5) is 12.7. The van der Waals surface area contributed by atoms with Gasteiger partial charge in [0.25, 0.3) is 5.91 Å². The zero-order valence-corrected chi connectivity index (χ0v) is 17.6. The van der Waals surface area contributed by atoms with Crippen LogP contribution >= 0.6 is 0 Å². The number of fused-ring (bicyclic) bond motifs is 2. The van der Waals surface area contributed by atoms with E-state index in [1.165, 1.54) is 23.9 Å². The Balaban J connectivity index is 1.39. The van der Waals surface area contributed by atoms with Crippen LogP contribution in [0.1, 0.15) is 27.7 Å². The van der Waals surface area contributed by atoms with Crippen molar-refractivity contribution in [3.05, 3.63) is 41.1 Å². The molecule has 34 heavy (non-hydrogen) atoms. The van der Waals surface area contributed by atoms with E-state index >= 15 is 0 Å². The molecule has 0 aliphatic carbocycles. The SMILES string of the molecule is COC1c2cc(C(F)(F)F)ccc2OC[C@@H]1NC(=O)c1cc2n(n1)CC(COCC(F)(F)F)O2. The number of halogens is 6. The summed E-state index contributed by atoms with van der Waals surface area (Å²) in [6, 6.07) is 3.52. The lowest BCUT2D eigenvalue weighted by Gasteiger charge is -2.33. The van der Waals surface area contributed by atoms with E-state index in [2.05, 4.69) is 15.2 Å². The first-order chi connectivity index (χ1) is 15.9. The van der Waals surface area contributed by atoms with Gasteiger partial charge >= 0.3 is 12.4 Å². The number of rotatable bonds is 6. The minimum Gasteiger partial charge on any atom is -0.491 e. The second-order valence-corrected chi connectivity index (χ2v) is 7.72. The number of benzene rings is 1. The van der Waals surface area contributed by atoms with Crippen LogP contribution in [0.3, 0.4) is 0 Å². The molecule has 0 spiro atoms. The predicted octanol–water partition coefficient (Wildman–Crippen LogP) is 3.12. The fourth-order valence-electron chi connectivity index (χ4n) is 3.74. The zero-order valence-electron chi connectivity index (χ0n) is 17.6. The van der Waals surface area contributed by atoms with Gasteiger partial charge in [0.1, 0.15) is 31.2 Å². The van der Waals surface area contributed by atoms with Gasteiger partial charge in [0.2, 0.25) is 5.88 Å². The van der Waals surface area contributed by atoms with Gasteiger partial charge < -0.3 is 24.3 Å². The molecule has 1 N–H and O–H groups in total. The molecule has 3 heterocycles. The van der Waals surface area contributed by atoms with Crippen LogP contribution in [0.15, 0.2) is 24.3 Å². The second-order valence-electron chi connectivity index (χ2n) is 7.72. The standard InChI is InChI=1S/C20H19F6N3O5/c1-31-17-12-4-10(20(24,25)26)2-3-15(12)33-8-14(17)27-18(30)13-5-16-29(28-13)6-11(34-16)7-32-9-19(21,22)23/h2-5,11,14,17H,6-9H2,1H3,(H,27,30)/t11?,14-,17?/m0/s1. The highest BCUT2D eigenvalue weighted by Gasteiger charge is 2.37. The van der Waals surface area contributed by atoms with Gasteiger partial charge in [-0.15, -0.1) is 0 Å². The third-order valence-corrected chi connectivity index (χ3v) is 5.21. The van der Waals surface area contributed by atoms with Crippen molar-refractivity contribution in [2.75, 3.05) is 26.9 Å². The second kappa shape index (κ2) is 8.98. The molecule has 0 fully saturated rings. The minimum absolute atomic E-state index is 0.0469. The first-order valence-electron chi connectivity index (χ1n) is 10.0. The van der Waals surface area contributed by atoms with Crippen molar-refractivity contribution in [3.63, 3.8) is 0 Å². The molecule has 2 aliphatic heterocycles. The Bertz CT molecular complexity index is 1030. The van der Waals surface area contributed by atoms with Gasteiger partial charge in [0.15, 0.2) is 5.69 Å². The van der Waals surface area contributed by atoms with Gasteiger partial charge in [0.05, 0.1) is 24.8 Å². The molecule has 1 aromatic carbocycles. The number of nitrogens with zero attached hydrogens (tertiary/aromatic N) is 2. The molecule has 4 rings (SSSR count). The lowest BCUT2D eigenvalue weighted by atomic mass is 9.96. The van der Waals surface area contributed by atoms with E-state index in [0.717, 1.165) is 12.1 Å². The Labute approximate surface area is 188 Å². The fourth-order valence-corrected chi connectivity index (χ4v) is 3.74. The highest BCUT2D eigenvalue weighted by molar-refractivity contribution is 5.93. The number of carbonyl (C=O) groups excluding carboxylic acids is 1. The maximum absolute atomic E-state index is 13.1. The largest absolute Gasteiger partial charge is 0.491 e. The van der Waals surface area contributed by atoms with Crippen LogP contribution in [0.4, 0.5) is 26.3 Å². The first kappa shape index (κ1) is 24.1. The molecule has 2 unspecified atom stereocenters. The third-order valence-electron chi connectivity index (χ3n) is 5.21. The molecule has 1 amide bonds. The number of alkyl halides is 6. The van der Waals surface area contributed by atoms with Crippen molar-refractivity contribution >= 4 is 5.91 Å². The molecule has 1 aromatic heterocycles. The topological polar surface area (TPSA) is 83.8 Å². The summed E-state index contributed by atoms with van der Waals surface area (Å²) in [7, 11) is 1.30. The van der Waals surface area contributed by atoms with Gasteiger partial charge in [-0.1, -0.05) is 0 Å². The first-order valence-corrected chi connectivity index (χ1v) is 10.0. The van der Waals surface area contributed by atoms with Gasteiger partial charge in [0, 0.05) is 18.7 Å². The summed E-state index contributed by atoms with van der Waals surface area (Å²) in [6.07, 6.45) is -10.6. The number of hydrogen-bond acceptors (Lipinski definition) is 6. The predicted molar refractivity (Wildman–Crippen MR) is 101 cm³/mol. The highest BCUT2D eigenvalue weighted by Crippen LogP contribution is 2.39. The molecule has 0 saturated carbocycles. The smallest absolute Gasteiger partial charge is 0.416 e. The van der Waals surface area contributed by atoms with Crippen molar-refractivity contribution in [2.24, 2.45) is 0 Å². The molecule has 0 saturated heterocycles. The van der Waals surface area contributed by atoms with Gasteiger partial charge in [-0.25, -0.2) is 4.68 Å². The van der Waals surface area contributed by atoms with Gasteiger partial charge in [-0.2, -0.15) is 31.4 Å². The van der Waals surface area contributed by atoms with Crippen LogP contribution in [0.5, 0.6) is 11.6 Å². The molecule has 2 aliphatic rings. The molecule has 0 radical (unpaired) electrons. The van der Waals surface area contributed by atoms with E-state index in [1.54, 1.807) is 0 Å². The maximum Gasteiger partial charge on any atom is 0.416 e.